The van der Waals surface area contributed by atoms with Crippen molar-refractivity contribution in [2.45, 2.75) is 6.10 Å². The van der Waals surface area contributed by atoms with E-state index in [1.54, 1.807) is 13.2 Å². The highest BCUT2D eigenvalue weighted by molar-refractivity contribution is 6.62. The fraction of sp³-hybridized carbons (Fsp3) is 0.333. The van der Waals surface area contributed by atoms with Crippen LogP contribution in [0.4, 0.5) is 0 Å². The largest absolute Gasteiger partial charge is 0.497 e. The molecule has 0 amide bonds. The van der Waals surface area contributed by atoms with Crippen molar-refractivity contribution in [1.29, 1.82) is 0 Å². The van der Waals surface area contributed by atoms with Crippen LogP contribution in [0.1, 0.15) is 11.7 Å². The molecule has 1 atom stereocenters. The number of fused-ring (bicyclic) bond motifs is 1. The zero-order valence-corrected chi connectivity index (χ0v) is 9.16. The summed E-state index contributed by atoms with van der Waals surface area (Å²) in [5, 5.41) is 9.64. The smallest absolute Gasteiger partial charge is 0.495 e. The molecule has 4 nitrogen and oxygen atoms in total. The summed E-state index contributed by atoms with van der Waals surface area (Å²) in [5.74, 6) is 0.644. The third kappa shape index (κ3) is 1.96. The number of nitrogens with two attached hydrogens (primary N) is 1. The summed E-state index contributed by atoms with van der Waals surface area (Å²) < 4.78 is 10.4. The summed E-state index contributed by atoms with van der Waals surface area (Å²) in [6, 6.07) is 5.55. The van der Waals surface area contributed by atoms with Crippen LogP contribution in [-0.2, 0) is 4.65 Å². The molecular formula is C9H13BClNO3. The predicted molar refractivity (Wildman–Crippen MR) is 60.7 cm³/mol. The molecule has 1 aromatic rings. The number of benzene rings is 1. The lowest BCUT2D eigenvalue weighted by Crippen LogP contribution is -2.29. The lowest BCUT2D eigenvalue weighted by atomic mass is 9.78. The fourth-order valence-electron chi connectivity index (χ4n) is 1.76. The van der Waals surface area contributed by atoms with E-state index in [0.717, 1.165) is 5.56 Å². The van der Waals surface area contributed by atoms with Crippen LogP contribution in [0.15, 0.2) is 18.2 Å². The van der Waals surface area contributed by atoms with E-state index in [0.29, 0.717) is 17.8 Å². The molecule has 6 heteroatoms. The molecule has 0 saturated carbocycles. The highest BCUT2D eigenvalue weighted by Gasteiger charge is 2.36. The highest BCUT2D eigenvalue weighted by Crippen LogP contribution is 2.26. The van der Waals surface area contributed by atoms with E-state index in [-0.39, 0.29) is 18.5 Å². The Morgan fingerprint density at radius 2 is 2.33 bits per heavy atom. The Morgan fingerprint density at radius 3 is 2.93 bits per heavy atom. The van der Waals surface area contributed by atoms with Gasteiger partial charge in [-0.1, -0.05) is 12.1 Å². The van der Waals surface area contributed by atoms with Gasteiger partial charge in [-0.15, -0.1) is 12.4 Å². The third-order valence-electron chi connectivity index (χ3n) is 2.42. The zero-order valence-electron chi connectivity index (χ0n) is 8.34. The number of hydrogen-bond donors (Lipinski definition) is 2. The molecule has 0 bridgehead atoms. The average molecular weight is 229 g/mol. The zero-order chi connectivity index (χ0) is 10.1. The van der Waals surface area contributed by atoms with Crippen LogP contribution < -0.4 is 15.9 Å². The lowest BCUT2D eigenvalue weighted by Gasteiger charge is -2.08. The van der Waals surface area contributed by atoms with Gasteiger partial charge in [0.15, 0.2) is 0 Å². The second-order valence-electron chi connectivity index (χ2n) is 3.18. The van der Waals surface area contributed by atoms with Crippen molar-refractivity contribution in [1.82, 2.24) is 0 Å². The van der Waals surface area contributed by atoms with Crippen LogP contribution in [0, 0.1) is 0 Å². The van der Waals surface area contributed by atoms with E-state index in [9.17, 15) is 5.02 Å². The van der Waals surface area contributed by atoms with Gasteiger partial charge in [0.25, 0.3) is 0 Å². The molecule has 3 N–H and O–H groups in total. The number of halogens is 1. The SMILES string of the molecule is COc1cccc2c1B(O)OC2CN.Cl. The summed E-state index contributed by atoms with van der Waals surface area (Å²) >= 11 is 0. The van der Waals surface area contributed by atoms with Gasteiger partial charge in [0.05, 0.1) is 13.2 Å². The van der Waals surface area contributed by atoms with Crippen LogP contribution in [0.3, 0.4) is 0 Å². The fourth-order valence-corrected chi connectivity index (χ4v) is 1.76. The average Bonchev–Trinajstić information content (AvgIpc) is 2.55. The topological polar surface area (TPSA) is 64.7 Å². The molecule has 0 aromatic heterocycles. The Kier molecular flexibility index (Phi) is 3.99. The molecule has 2 rings (SSSR count). The van der Waals surface area contributed by atoms with E-state index in [4.69, 9.17) is 15.1 Å². The first-order valence-corrected chi connectivity index (χ1v) is 4.48. The quantitative estimate of drug-likeness (QED) is 0.692. The minimum atomic E-state index is -0.922. The van der Waals surface area contributed by atoms with Crippen molar-refractivity contribution in [2.75, 3.05) is 13.7 Å². The molecule has 1 unspecified atom stereocenters. The minimum absolute atomic E-state index is 0. The summed E-state index contributed by atoms with van der Waals surface area (Å²) in [5.41, 5.74) is 7.14. The van der Waals surface area contributed by atoms with Crippen molar-refractivity contribution in [3.8, 4) is 5.75 Å². The van der Waals surface area contributed by atoms with Crippen LogP contribution in [-0.4, -0.2) is 25.8 Å². The van der Waals surface area contributed by atoms with Gasteiger partial charge in [0, 0.05) is 12.0 Å². The van der Waals surface area contributed by atoms with E-state index in [1.807, 2.05) is 12.1 Å². The summed E-state index contributed by atoms with van der Waals surface area (Å²) in [6.45, 7) is 0.358. The van der Waals surface area contributed by atoms with E-state index in [2.05, 4.69) is 0 Å². The molecule has 0 aliphatic carbocycles. The molecule has 0 radical (unpaired) electrons. The van der Waals surface area contributed by atoms with Gasteiger partial charge >= 0.3 is 7.12 Å². The Hall–Kier alpha value is -0.745. The lowest BCUT2D eigenvalue weighted by molar-refractivity contribution is 0.198. The Morgan fingerprint density at radius 1 is 1.60 bits per heavy atom. The maximum absolute atomic E-state index is 9.64. The van der Waals surface area contributed by atoms with Gasteiger partial charge in [-0.2, -0.15) is 0 Å². The molecule has 1 aliphatic rings. The third-order valence-corrected chi connectivity index (χ3v) is 2.42. The first-order chi connectivity index (χ1) is 6.77. The van der Waals surface area contributed by atoms with Gasteiger partial charge in [0.2, 0.25) is 0 Å². The Bertz CT molecular complexity index is 350. The maximum Gasteiger partial charge on any atom is 0.495 e. The molecule has 1 aliphatic heterocycles. The van der Waals surface area contributed by atoms with E-state index >= 15 is 0 Å². The van der Waals surface area contributed by atoms with Crippen LogP contribution >= 0.6 is 12.4 Å². The van der Waals surface area contributed by atoms with Crippen molar-refractivity contribution in [3.63, 3.8) is 0 Å². The van der Waals surface area contributed by atoms with Crippen LogP contribution in [0.5, 0.6) is 5.75 Å². The van der Waals surface area contributed by atoms with Crippen LogP contribution in [0.2, 0.25) is 0 Å². The van der Waals surface area contributed by atoms with Gasteiger partial charge in [-0.25, -0.2) is 0 Å². The van der Waals surface area contributed by atoms with Gasteiger partial charge in [-0.05, 0) is 11.6 Å². The van der Waals surface area contributed by atoms with Crippen molar-refractivity contribution < 1.29 is 14.4 Å². The Balaban J connectivity index is 0.00000112. The summed E-state index contributed by atoms with van der Waals surface area (Å²) in [7, 11) is 0.646. The summed E-state index contributed by atoms with van der Waals surface area (Å²) in [6.07, 6.45) is -0.227. The molecular weight excluding hydrogens is 216 g/mol. The monoisotopic (exact) mass is 229 g/mol. The van der Waals surface area contributed by atoms with Gasteiger partial charge in [0.1, 0.15) is 5.75 Å². The number of rotatable bonds is 2. The molecule has 82 valence electrons. The van der Waals surface area contributed by atoms with Crippen molar-refractivity contribution in [3.05, 3.63) is 23.8 Å². The number of hydrogen-bond acceptors (Lipinski definition) is 4. The highest BCUT2D eigenvalue weighted by atomic mass is 35.5. The predicted octanol–water partition coefficient (Wildman–Crippen LogP) is -0.166. The Labute approximate surface area is 94.9 Å². The first kappa shape index (κ1) is 12.3. The molecule has 15 heavy (non-hydrogen) atoms. The normalized spacial score (nSPS) is 18.3. The maximum atomic E-state index is 9.64. The molecule has 1 aromatic carbocycles. The summed E-state index contributed by atoms with van der Waals surface area (Å²) in [4.78, 5) is 0. The van der Waals surface area contributed by atoms with E-state index < -0.39 is 7.12 Å². The van der Waals surface area contributed by atoms with Crippen molar-refractivity contribution in [2.24, 2.45) is 5.73 Å². The molecule has 0 fully saturated rings. The number of ether oxygens (including phenoxy) is 1. The molecule has 0 spiro atoms. The van der Waals surface area contributed by atoms with Crippen molar-refractivity contribution >= 4 is 25.0 Å². The van der Waals surface area contributed by atoms with Crippen LogP contribution in [0.25, 0.3) is 0 Å². The van der Waals surface area contributed by atoms with Gasteiger partial charge < -0.3 is 20.1 Å². The van der Waals surface area contributed by atoms with E-state index in [1.165, 1.54) is 0 Å². The molecule has 0 saturated heterocycles. The second-order valence-corrected chi connectivity index (χ2v) is 3.18. The minimum Gasteiger partial charge on any atom is -0.497 e. The standard InChI is InChI=1S/C9H12BNO3.ClH/c1-13-7-4-2-3-6-8(5-11)14-10(12)9(6)7;/h2-4,8,12H,5,11H2,1H3;1H. The molecule has 1 heterocycles. The number of methoxy groups -OCH3 is 1. The first-order valence-electron chi connectivity index (χ1n) is 4.48. The second kappa shape index (κ2) is 4.85. The van der Waals surface area contributed by atoms with Gasteiger partial charge in [-0.3, -0.25) is 0 Å².